The predicted molar refractivity (Wildman–Crippen MR) is 86.0 cm³/mol. The van der Waals surface area contributed by atoms with Gasteiger partial charge in [-0.25, -0.2) is 4.39 Å². The number of amidine groups is 1. The maximum absolute atomic E-state index is 13.6. The highest BCUT2D eigenvalue weighted by molar-refractivity contribution is 6.12. The molecule has 1 aromatic heterocycles. The molecule has 2 aliphatic rings. The van der Waals surface area contributed by atoms with E-state index in [4.69, 9.17) is 0 Å². The smallest absolute Gasteiger partial charge is 0.123 e. The van der Waals surface area contributed by atoms with Gasteiger partial charge in [0.05, 0.1) is 18.8 Å². The van der Waals surface area contributed by atoms with E-state index in [2.05, 4.69) is 25.8 Å². The average Bonchev–Trinajstić information content (AvgIpc) is 3.14. The summed E-state index contributed by atoms with van der Waals surface area (Å²) in [6.45, 7) is 2.34. The molecule has 2 heterocycles. The van der Waals surface area contributed by atoms with Crippen LogP contribution >= 0.6 is 0 Å². The van der Waals surface area contributed by atoms with Gasteiger partial charge < -0.3 is 15.7 Å². The van der Waals surface area contributed by atoms with Crippen molar-refractivity contribution >= 4 is 22.5 Å². The van der Waals surface area contributed by atoms with Crippen LogP contribution in [0.25, 0.3) is 10.9 Å². The van der Waals surface area contributed by atoms with Crippen molar-refractivity contribution in [1.82, 2.24) is 15.7 Å². The van der Waals surface area contributed by atoms with E-state index in [1.807, 2.05) is 0 Å². The van der Waals surface area contributed by atoms with E-state index in [0.29, 0.717) is 6.54 Å². The summed E-state index contributed by atoms with van der Waals surface area (Å²) in [4.78, 5) is 7.73. The van der Waals surface area contributed by atoms with Crippen molar-refractivity contribution in [3.63, 3.8) is 0 Å². The molecule has 4 rings (SSSR count). The van der Waals surface area contributed by atoms with E-state index < -0.39 is 0 Å². The van der Waals surface area contributed by atoms with Gasteiger partial charge in [-0.05, 0) is 37.5 Å². The van der Waals surface area contributed by atoms with Gasteiger partial charge in [0.25, 0.3) is 0 Å². The molecule has 22 heavy (non-hydrogen) atoms. The molecule has 1 aliphatic heterocycles. The van der Waals surface area contributed by atoms with Crippen molar-refractivity contribution in [2.45, 2.75) is 19.3 Å². The Hall–Kier alpha value is -2.37. The maximum Gasteiger partial charge on any atom is 0.123 e. The molecule has 0 unspecified atom stereocenters. The van der Waals surface area contributed by atoms with E-state index in [1.165, 1.54) is 6.07 Å². The Balaban J connectivity index is 1.65. The molecule has 114 valence electrons. The predicted octanol–water partition coefficient (Wildman–Crippen LogP) is 1.94. The minimum atomic E-state index is -0.211. The number of aromatic nitrogens is 1. The fourth-order valence-corrected chi connectivity index (χ4v) is 3.18. The van der Waals surface area contributed by atoms with Crippen molar-refractivity contribution in [2.75, 3.05) is 19.6 Å². The number of aromatic amines is 1. The largest absolute Gasteiger partial charge is 0.370 e. The van der Waals surface area contributed by atoms with Gasteiger partial charge in [0.15, 0.2) is 0 Å². The van der Waals surface area contributed by atoms with Crippen LogP contribution in [0.5, 0.6) is 0 Å². The topological polar surface area (TPSA) is 64.6 Å². The molecule has 0 saturated carbocycles. The van der Waals surface area contributed by atoms with Gasteiger partial charge in [0, 0.05) is 28.7 Å². The minimum Gasteiger partial charge on any atom is -0.370 e. The third-order valence-electron chi connectivity index (χ3n) is 4.17. The standard InChI is InChI=1S/C16H18FN5/c17-10-4-5-12-11(8-10)16-13(21-12)2-1-3-14(16)22-20-9-15-18-6-7-19-15/h4-5,8,20-21H,1-3,6-7,9H2,(H,18,19). The zero-order chi connectivity index (χ0) is 14.9. The Morgan fingerprint density at radius 1 is 1.32 bits per heavy atom. The number of halogens is 1. The average molecular weight is 299 g/mol. The van der Waals surface area contributed by atoms with Crippen molar-refractivity contribution < 1.29 is 4.39 Å². The van der Waals surface area contributed by atoms with Gasteiger partial charge in [-0.1, -0.05) is 0 Å². The molecule has 0 fully saturated rings. The lowest BCUT2D eigenvalue weighted by Gasteiger charge is -2.14. The number of nitrogens with one attached hydrogen (secondary N) is 3. The van der Waals surface area contributed by atoms with E-state index in [1.54, 1.807) is 12.1 Å². The maximum atomic E-state index is 13.6. The Kier molecular flexibility index (Phi) is 3.29. The van der Waals surface area contributed by atoms with E-state index in [-0.39, 0.29) is 5.82 Å². The number of H-pyrrole nitrogens is 1. The Bertz CT molecular complexity index is 774. The van der Waals surface area contributed by atoms with Crippen molar-refractivity contribution in [2.24, 2.45) is 10.1 Å². The number of aryl methyl sites for hydroxylation is 1. The van der Waals surface area contributed by atoms with E-state index in [9.17, 15) is 4.39 Å². The lowest BCUT2D eigenvalue weighted by atomic mass is 9.93. The molecule has 6 heteroatoms. The molecular weight excluding hydrogens is 281 g/mol. The third kappa shape index (κ3) is 2.34. The fourth-order valence-electron chi connectivity index (χ4n) is 3.18. The number of fused-ring (bicyclic) bond motifs is 3. The highest BCUT2D eigenvalue weighted by Gasteiger charge is 2.21. The number of nitrogens with zero attached hydrogens (tertiary/aromatic N) is 2. The highest BCUT2D eigenvalue weighted by atomic mass is 19.1. The van der Waals surface area contributed by atoms with Crippen LogP contribution in [0.4, 0.5) is 4.39 Å². The second-order valence-corrected chi connectivity index (χ2v) is 5.67. The van der Waals surface area contributed by atoms with Crippen molar-refractivity contribution in [3.05, 3.63) is 35.3 Å². The van der Waals surface area contributed by atoms with Crippen molar-refractivity contribution in [3.8, 4) is 0 Å². The third-order valence-corrected chi connectivity index (χ3v) is 4.17. The van der Waals surface area contributed by atoms with Crippen LogP contribution < -0.4 is 10.7 Å². The van der Waals surface area contributed by atoms with Crippen molar-refractivity contribution in [1.29, 1.82) is 0 Å². The Morgan fingerprint density at radius 2 is 2.27 bits per heavy atom. The first-order valence-corrected chi connectivity index (χ1v) is 7.68. The SMILES string of the molecule is Fc1ccc2[nH]c3c(c2c1)C(=NNCC1=NCCN1)CCC3. The monoisotopic (exact) mass is 299 g/mol. The second-order valence-electron chi connectivity index (χ2n) is 5.67. The number of rotatable bonds is 3. The van der Waals surface area contributed by atoms with Gasteiger partial charge in [0.1, 0.15) is 11.7 Å². The van der Waals surface area contributed by atoms with Crippen LogP contribution in [0.15, 0.2) is 28.3 Å². The molecule has 0 radical (unpaired) electrons. The summed E-state index contributed by atoms with van der Waals surface area (Å²) in [5.74, 6) is 0.738. The Labute approximate surface area is 127 Å². The minimum absolute atomic E-state index is 0.211. The first-order chi connectivity index (χ1) is 10.8. The first kappa shape index (κ1) is 13.3. The van der Waals surface area contributed by atoms with Gasteiger partial charge >= 0.3 is 0 Å². The zero-order valence-corrected chi connectivity index (χ0v) is 12.2. The van der Waals surface area contributed by atoms with Crippen LogP contribution in [0.2, 0.25) is 0 Å². The molecule has 5 nitrogen and oxygen atoms in total. The van der Waals surface area contributed by atoms with Crippen LogP contribution in [0.1, 0.15) is 24.1 Å². The summed E-state index contributed by atoms with van der Waals surface area (Å²) in [5.41, 5.74) is 7.29. The summed E-state index contributed by atoms with van der Waals surface area (Å²) in [6, 6.07) is 4.88. The van der Waals surface area contributed by atoms with Gasteiger partial charge in [-0.2, -0.15) is 5.10 Å². The summed E-state index contributed by atoms with van der Waals surface area (Å²) < 4.78 is 13.6. The van der Waals surface area contributed by atoms with Gasteiger partial charge in [-0.15, -0.1) is 0 Å². The number of hydrogen-bond acceptors (Lipinski definition) is 4. The number of benzene rings is 1. The first-order valence-electron chi connectivity index (χ1n) is 7.68. The molecule has 0 spiro atoms. The molecule has 0 saturated heterocycles. The number of hydrazone groups is 1. The van der Waals surface area contributed by atoms with Crippen LogP contribution in [-0.2, 0) is 6.42 Å². The van der Waals surface area contributed by atoms with Crippen LogP contribution in [0.3, 0.4) is 0 Å². The van der Waals surface area contributed by atoms with Crippen LogP contribution in [-0.4, -0.2) is 36.2 Å². The molecule has 2 aromatic rings. The lowest BCUT2D eigenvalue weighted by Crippen LogP contribution is -2.29. The fraction of sp³-hybridized carbons (Fsp3) is 0.375. The molecular formula is C16H18FN5. The molecule has 0 atom stereocenters. The molecule has 0 bridgehead atoms. The molecule has 1 aliphatic carbocycles. The summed E-state index contributed by atoms with van der Waals surface area (Å²) in [5, 5.41) is 8.67. The molecule has 1 aromatic carbocycles. The zero-order valence-electron chi connectivity index (χ0n) is 12.2. The second kappa shape index (κ2) is 5.44. The Morgan fingerprint density at radius 3 is 3.14 bits per heavy atom. The van der Waals surface area contributed by atoms with E-state index in [0.717, 1.165) is 66.1 Å². The van der Waals surface area contributed by atoms with Gasteiger partial charge in [0.2, 0.25) is 0 Å². The summed E-state index contributed by atoms with van der Waals surface area (Å²) in [6.07, 6.45) is 2.95. The normalized spacial score (nSPS) is 19.1. The molecule has 3 N–H and O–H groups in total. The highest BCUT2D eigenvalue weighted by Crippen LogP contribution is 2.29. The quantitative estimate of drug-likeness (QED) is 0.758. The molecule has 0 amide bonds. The lowest BCUT2D eigenvalue weighted by molar-refractivity contribution is 0.629. The number of aliphatic imine (C=N–C) groups is 1. The summed E-state index contributed by atoms with van der Waals surface area (Å²) >= 11 is 0. The summed E-state index contributed by atoms with van der Waals surface area (Å²) in [7, 11) is 0. The van der Waals surface area contributed by atoms with Gasteiger partial charge in [-0.3, -0.25) is 4.99 Å². The number of hydrogen-bond donors (Lipinski definition) is 3. The van der Waals surface area contributed by atoms with E-state index >= 15 is 0 Å². The van der Waals surface area contributed by atoms with Crippen LogP contribution in [0, 0.1) is 5.82 Å².